The number of aromatic nitrogens is 1. The first kappa shape index (κ1) is 14.7. The SMILES string of the molecule is N#Cc1ncccc1CS(=O)(=O)c1ccccc1C(=O)O. The standard InChI is InChI=1S/C14H10N2O4S/c15-8-12-10(4-3-7-16-12)9-21(19,20)13-6-2-1-5-11(13)14(17)18/h1-7H,9H2,(H,17,18). The van der Waals surface area contributed by atoms with Crippen LogP contribution in [0.1, 0.15) is 21.6 Å². The number of carboxylic acids is 1. The number of sulfone groups is 1. The van der Waals surface area contributed by atoms with E-state index in [1.54, 1.807) is 0 Å². The third kappa shape index (κ3) is 3.07. The Hall–Kier alpha value is -2.72. The average Bonchev–Trinajstić information content (AvgIpc) is 2.47. The van der Waals surface area contributed by atoms with Gasteiger partial charge in [-0.1, -0.05) is 18.2 Å². The van der Waals surface area contributed by atoms with Crippen LogP contribution in [-0.2, 0) is 15.6 Å². The Morgan fingerprint density at radius 1 is 1.24 bits per heavy atom. The van der Waals surface area contributed by atoms with Crippen LogP contribution >= 0.6 is 0 Å². The van der Waals surface area contributed by atoms with Crippen molar-refractivity contribution < 1.29 is 18.3 Å². The summed E-state index contributed by atoms with van der Waals surface area (Å²) in [6.45, 7) is 0. The average molecular weight is 302 g/mol. The minimum atomic E-state index is -3.89. The van der Waals surface area contributed by atoms with Crippen LogP contribution in [0.3, 0.4) is 0 Å². The molecule has 106 valence electrons. The van der Waals surface area contributed by atoms with Crippen LogP contribution in [0.4, 0.5) is 0 Å². The Morgan fingerprint density at radius 3 is 2.62 bits per heavy atom. The summed E-state index contributed by atoms with van der Waals surface area (Å²) in [6.07, 6.45) is 1.39. The van der Waals surface area contributed by atoms with Crippen LogP contribution in [0, 0.1) is 11.3 Å². The lowest BCUT2D eigenvalue weighted by Gasteiger charge is -2.08. The second-order valence-corrected chi connectivity index (χ2v) is 6.14. The molecule has 0 atom stereocenters. The number of carbonyl (C=O) groups is 1. The van der Waals surface area contributed by atoms with E-state index in [1.165, 1.54) is 42.6 Å². The van der Waals surface area contributed by atoms with Gasteiger partial charge in [-0.3, -0.25) is 0 Å². The normalized spacial score (nSPS) is 10.8. The van der Waals surface area contributed by atoms with Crippen LogP contribution in [0.25, 0.3) is 0 Å². The minimum Gasteiger partial charge on any atom is -0.478 e. The lowest BCUT2D eigenvalue weighted by Crippen LogP contribution is -2.12. The number of aromatic carboxylic acids is 1. The zero-order chi connectivity index (χ0) is 15.5. The summed E-state index contributed by atoms with van der Waals surface area (Å²) in [7, 11) is -3.89. The Kier molecular flexibility index (Phi) is 4.00. The summed E-state index contributed by atoms with van der Waals surface area (Å²) in [5.74, 6) is -1.80. The van der Waals surface area contributed by atoms with Gasteiger partial charge < -0.3 is 5.11 Å². The molecule has 7 heteroatoms. The van der Waals surface area contributed by atoms with Gasteiger partial charge >= 0.3 is 5.97 Å². The Bertz CT molecular complexity index is 838. The molecular formula is C14H10N2O4S. The topological polar surface area (TPSA) is 108 Å². The van der Waals surface area contributed by atoms with E-state index < -0.39 is 21.6 Å². The minimum absolute atomic E-state index is 0.00822. The van der Waals surface area contributed by atoms with Crippen molar-refractivity contribution in [1.29, 1.82) is 5.26 Å². The maximum absolute atomic E-state index is 12.4. The molecule has 0 aliphatic carbocycles. The maximum atomic E-state index is 12.4. The highest BCUT2D eigenvalue weighted by atomic mass is 32.2. The lowest BCUT2D eigenvalue weighted by atomic mass is 10.2. The van der Waals surface area contributed by atoms with Gasteiger partial charge in [-0.2, -0.15) is 5.26 Å². The highest BCUT2D eigenvalue weighted by Gasteiger charge is 2.23. The summed E-state index contributed by atoms with van der Waals surface area (Å²) in [5.41, 5.74) is -0.0472. The smallest absolute Gasteiger partial charge is 0.337 e. The molecule has 0 saturated carbocycles. The molecule has 1 aromatic carbocycles. The van der Waals surface area contributed by atoms with Crippen LogP contribution in [-0.4, -0.2) is 24.5 Å². The molecule has 6 nitrogen and oxygen atoms in total. The van der Waals surface area contributed by atoms with Crippen molar-refractivity contribution in [3.05, 3.63) is 59.4 Å². The van der Waals surface area contributed by atoms with Crippen LogP contribution in [0.2, 0.25) is 0 Å². The molecule has 1 aromatic heterocycles. The maximum Gasteiger partial charge on any atom is 0.337 e. The van der Waals surface area contributed by atoms with Gasteiger partial charge in [0.1, 0.15) is 11.8 Å². The third-order valence-corrected chi connectivity index (χ3v) is 4.51. The summed E-state index contributed by atoms with van der Waals surface area (Å²) in [5, 5.41) is 18.0. The number of carboxylic acid groups (broad SMARTS) is 1. The number of pyridine rings is 1. The molecule has 0 saturated heterocycles. The monoisotopic (exact) mass is 302 g/mol. The molecule has 2 rings (SSSR count). The molecule has 21 heavy (non-hydrogen) atoms. The van der Waals surface area contributed by atoms with Crippen LogP contribution in [0.5, 0.6) is 0 Å². The van der Waals surface area contributed by atoms with Gasteiger partial charge in [0.2, 0.25) is 0 Å². The molecule has 0 radical (unpaired) electrons. The van der Waals surface area contributed by atoms with E-state index in [9.17, 15) is 13.2 Å². The summed E-state index contributed by atoms with van der Waals surface area (Å²) in [6, 6.07) is 10.2. The predicted octanol–water partition coefficient (Wildman–Crippen LogP) is 1.63. The first-order valence-electron chi connectivity index (χ1n) is 5.85. The Balaban J connectivity index is 2.50. The molecule has 0 unspecified atom stereocenters. The second kappa shape index (κ2) is 5.73. The summed E-state index contributed by atoms with van der Waals surface area (Å²) < 4.78 is 24.8. The molecule has 1 heterocycles. The number of rotatable bonds is 4. The van der Waals surface area contributed by atoms with E-state index in [-0.39, 0.29) is 21.7 Å². The molecule has 0 fully saturated rings. The van der Waals surface area contributed by atoms with E-state index in [0.29, 0.717) is 0 Å². The van der Waals surface area contributed by atoms with Crippen molar-refractivity contribution in [3.8, 4) is 6.07 Å². The Morgan fingerprint density at radius 2 is 1.95 bits per heavy atom. The molecule has 1 N–H and O–H groups in total. The number of benzene rings is 1. The largest absolute Gasteiger partial charge is 0.478 e. The molecule has 0 aliphatic heterocycles. The van der Waals surface area contributed by atoms with Crippen LogP contribution < -0.4 is 0 Å². The van der Waals surface area contributed by atoms with Crippen molar-refractivity contribution in [2.24, 2.45) is 0 Å². The predicted molar refractivity (Wildman–Crippen MR) is 73.2 cm³/mol. The van der Waals surface area contributed by atoms with Gasteiger partial charge in [-0.05, 0) is 18.2 Å². The number of nitrogens with zero attached hydrogens (tertiary/aromatic N) is 2. The van der Waals surface area contributed by atoms with E-state index in [0.717, 1.165) is 0 Å². The van der Waals surface area contributed by atoms with E-state index in [2.05, 4.69) is 4.98 Å². The van der Waals surface area contributed by atoms with Crippen molar-refractivity contribution in [1.82, 2.24) is 4.98 Å². The zero-order valence-corrected chi connectivity index (χ0v) is 11.5. The van der Waals surface area contributed by atoms with Crippen molar-refractivity contribution in [2.75, 3.05) is 0 Å². The lowest BCUT2D eigenvalue weighted by molar-refractivity contribution is 0.0692. The highest BCUT2D eigenvalue weighted by Crippen LogP contribution is 2.21. The van der Waals surface area contributed by atoms with E-state index in [1.807, 2.05) is 6.07 Å². The van der Waals surface area contributed by atoms with E-state index in [4.69, 9.17) is 10.4 Å². The number of hydrogen-bond acceptors (Lipinski definition) is 5. The van der Waals surface area contributed by atoms with Crippen LogP contribution in [0.15, 0.2) is 47.5 Å². The fourth-order valence-electron chi connectivity index (χ4n) is 1.85. The van der Waals surface area contributed by atoms with Crippen molar-refractivity contribution >= 4 is 15.8 Å². The Labute approximate surface area is 121 Å². The number of hydrogen-bond donors (Lipinski definition) is 1. The molecular weight excluding hydrogens is 292 g/mol. The van der Waals surface area contributed by atoms with Gasteiger partial charge in [0.25, 0.3) is 0 Å². The molecule has 0 aliphatic rings. The summed E-state index contributed by atoms with van der Waals surface area (Å²) >= 11 is 0. The van der Waals surface area contributed by atoms with Gasteiger partial charge in [-0.25, -0.2) is 18.2 Å². The van der Waals surface area contributed by atoms with E-state index >= 15 is 0 Å². The first-order chi connectivity index (χ1) is 9.95. The fraction of sp³-hybridized carbons (Fsp3) is 0.0714. The molecule has 2 aromatic rings. The molecule has 0 bridgehead atoms. The fourth-order valence-corrected chi connectivity index (χ4v) is 3.43. The summed E-state index contributed by atoms with van der Waals surface area (Å²) in [4.78, 5) is 14.6. The third-order valence-electron chi connectivity index (χ3n) is 2.80. The second-order valence-electron chi connectivity index (χ2n) is 4.18. The van der Waals surface area contributed by atoms with Crippen molar-refractivity contribution in [2.45, 2.75) is 10.6 Å². The first-order valence-corrected chi connectivity index (χ1v) is 7.50. The molecule has 0 spiro atoms. The zero-order valence-electron chi connectivity index (χ0n) is 10.7. The number of nitriles is 1. The quantitative estimate of drug-likeness (QED) is 0.919. The van der Waals surface area contributed by atoms with Gasteiger partial charge in [0.05, 0.1) is 16.2 Å². The molecule has 0 amide bonds. The van der Waals surface area contributed by atoms with Gasteiger partial charge in [0.15, 0.2) is 9.84 Å². The van der Waals surface area contributed by atoms with Crippen molar-refractivity contribution in [3.63, 3.8) is 0 Å². The van der Waals surface area contributed by atoms with Gasteiger partial charge in [0, 0.05) is 11.8 Å². The highest BCUT2D eigenvalue weighted by molar-refractivity contribution is 7.90. The van der Waals surface area contributed by atoms with Gasteiger partial charge in [-0.15, -0.1) is 0 Å².